The molecule has 0 spiro atoms. The number of hydrogen-bond donors (Lipinski definition) is 2. The number of hydrogen-bond acceptors (Lipinski definition) is 6. The topological polar surface area (TPSA) is 48.5 Å². The summed E-state index contributed by atoms with van der Waals surface area (Å²) in [6.07, 6.45) is 2.78. The summed E-state index contributed by atoms with van der Waals surface area (Å²) in [5, 5.41) is 1.12. The Balaban J connectivity index is 1.17. The van der Waals surface area contributed by atoms with E-state index in [2.05, 4.69) is 57.6 Å². The summed E-state index contributed by atoms with van der Waals surface area (Å²) in [6, 6.07) is 26.1. The molecule has 1 aliphatic heterocycles. The van der Waals surface area contributed by atoms with Crippen LogP contribution in [0.1, 0.15) is 22.3 Å². The van der Waals surface area contributed by atoms with Gasteiger partial charge < -0.3 is 9.62 Å². The summed E-state index contributed by atoms with van der Waals surface area (Å²) >= 11 is 6.11. The van der Waals surface area contributed by atoms with Gasteiger partial charge in [-0.25, -0.2) is 0 Å². The first kappa shape index (κ1) is 23.7. The highest BCUT2D eigenvalue weighted by atomic mass is 32.2. The van der Waals surface area contributed by atoms with Crippen LogP contribution in [0.3, 0.4) is 0 Å². The molecule has 1 saturated heterocycles. The van der Waals surface area contributed by atoms with E-state index in [-0.39, 0.29) is 5.91 Å². The Hall–Kier alpha value is -3.00. The number of thiol groups is 1. The Kier molecular flexibility index (Phi) is 7.57. The number of fused-ring (bicyclic) bond motifs is 1. The van der Waals surface area contributed by atoms with Crippen molar-refractivity contribution in [2.45, 2.75) is 22.8 Å². The third kappa shape index (κ3) is 5.81. The number of nitrogens with zero attached hydrogens (tertiary/aromatic N) is 3. The van der Waals surface area contributed by atoms with Crippen molar-refractivity contribution in [2.24, 2.45) is 0 Å². The van der Waals surface area contributed by atoms with Crippen molar-refractivity contribution < 1.29 is 4.79 Å². The SMILES string of the molecule is O=C(c1ccc(NSc2cccc3cccnc23)cc1)N1CCCN(Cc2ccccc2S)CC1. The van der Waals surface area contributed by atoms with Gasteiger partial charge in [0.1, 0.15) is 0 Å². The van der Waals surface area contributed by atoms with E-state index in [0.717, 1.165) is 71.1 Å². The van der Waals surface area contributed by atoms with E-state index in [1.807, 2.05) is 59.6 Å². The number of carbonyl (C=O) groups is 1. The third-order valence-electron chi connectivity index (χ3n) is 6.27. The number of anilines is 1. The fraction of sp³-hybridized carbons (Fsp3) is 0.214. The summed E-state index contributed by atoms with van der Waals surface area (Å²) in [5.74, 6) is 0.0962. The van der Waals surface area contributed by atoms with Gasteiger partial charge in [0.25, 0.3) is 5.91 Å². The van der Waals surface area contributed by atoms with E-state index < -0.39 is 0 Å². The molecule has 0 radical (unpaired) electrons. The monoisotopic (exact) mass is 500 g/mol. The number of carbonyl (C=O) groups excluding carboxylic acids is 1. The van der Waals surface area contributed by atoms with Gasteiger partial charge in [0.05, 0.1) is 10.4 Å². The highest BCUT2D eigenvalue weighted by Gasteiger charge is 2.20. The van der Waals surface area contributed by atoms with Crippen molar-refractivity contribution >= 4 is 47.1 Å². The number of amides is 1. The zero-order valence-corrected chi connectivity index (χ0v) is 21.1. The first-order valence-corrected chi connectivity index (χ1v) is 13.1. The van der Waals surface area contributed by atoms with Crippen molar-refractivity contribution in [1.82, 2.24) is 14.8 Å². The van der Waals surface area contributed by atoms with E-state index in [0.29, 0.717) is 0 Å². The number of para-hydroxylation sites is 1. The fourth-order valence-electron chi connectivity index (χ4n) is 4.35. The normalized spacial score (nSPS) is 14.6. The molecule has 0 aliphatic carbocycles. The van der Waals surface area contributed by atoms with Crippen molar-refractivity contribution in [3.8, 4) is 0 Å². The second-order valence-electron chi connectivity index (χ2n) is 8.66. The Morgan fingerprint density at radius 3 is 2.60 bits per heavy atom. The summed E-state index contributed by atoms with van der Waals surface area (Å²) in [4.78, 5) is 24.2. The first-order chi connectivity index (χ1) is 17.2. The van der Waals surface area contributed by atoms with Crippen LogP contribution < -0.4 is 4.72 Å². The van der Waals surface area contributed by atoms with Crippen LogP contribution in [0.2, 0.25) is 0 Å². The first-order valence-electron chi connectivity index (χ1n) is 11.8. The standard InChI is InChI=1S/C28H28N4OS2/c33-28(32-17-5-16-31(18-19-32)20-23-6-1-2-9-25(23)34)22-11-13-24(14-12-22)30-35-26-10-3-7-21-8-4-15-29-27(21)26/h1-4,6-15,30,34H,5,16-20H2. The average molecular weight is 501 g/mol. The van der Waals surface area contributed by atoms with Gasteiger partial charge in [0, 0.05) is 60.5 Å². The minimum atomic E-state index is 0.0962. The summed E-state index contributed by atoms with van der Waals surface area (Å²) < 4.78 is 3.38. The number of pyridine rings is 1. The van der Waals surface area contributed by atoms with Gasteiger partial charge in [-0.05, 0) is 66.4 Å². The molecule has 35 heavy (non-hydrogen) atoms. The largest absolute Gasteiger partial charge is 0.337 e. The molecule has 4 aromatic rings. The van der Waals surface area contributed by atoms with Crippen molar-refractivity contribution in [1.29, 1.82) is 0 Å². The summed E-state index contributed by atoms with van der Waals surface area (Å²) in [5.41, 5.74) is 3.89. The molecule has 1 aromatic heterocycles. The van der Waals surface area contributed by atoms with Crippen LogP contribution in [0.15, 0.2) is 94.9 Å². The van der Waals surface area contributed by atoms with Gasteiger partial charge >= 0.3 is 0 Å². The number of rotatable bonds is 6. The van der Waals surface area contributed by atoms with Gasteiger partial charge in [0.2, 0.25) is 0 Å². The van der Waals surface area contributed by atoms with Crippen LogP contribution >= 0.6 is 24.6 Å². The van der Waals surface area contributed by atoms with Crippen LogP contribution in [0, 0.1) is 0 Å². The molecular weight excluding hydrogens is 472 g/mol. The zero-order valence-electron chi connectivity index (χ0n) is 19.4. The molecule has 1 amide bonds. The van der Waals surface area contributed by atoms with E-state index in [1.165, 1.54) is 17.5 Å². The second-order valence-corrected chi connectivity index (χ2v) is 9.99. The molecule has 3 aromatic carbocycles. The van der Waals surface area contributed by atoms with E-state index in [9.17, 15) is 4.79 Å². The van der Waals surface area contributed by atoms with Gasteiger partial charge in [-0.15, -0.1) is 12.6 Å². The maximum atomic E-state index is 13.2. The van der Waals surface area contributed by atoms with Crippen molar-refractivity contribution in [3.05, 3.63) is 96.2 Å². The Labute approximate surface area is 216 Å². The lowest BCUT2D eigenvalue weighted by Crippen LogP contribution is -2.35. The van der Waals surface area contributed by atoms with Crippen LogP contribution in [-0.4, -0.2) is 46.9 Å². The van der Waals surface area contributed by atoms with Gasteiger partial charge in [0.15, 0.2) is 0 Å². The molecule has 0 bridgehead atoms. The van der Waals surface area contributed by atoms with Gasteiger partial charge in [-0.1, -0.05) is 36.4 Å². The highest BCUT2D eigenvalue weighted by molar-refractivity contribution is 8.00. The quantitative estimate of drug-likeness (QED) is 0.252. The molecular formula is C28H28N4OS2. The Morgan fingerprint density at radius 2 is 1.74 bits per heavy atom. The molecule has 2 heterocycles. The molecule has 0 atom stereocenters. The Bertz CT molecular complexity index is 1310. The van der Waals surface area contributed by atoms with Gasteiger partial charge in [-0.2, -0.15) is 0 Å². The smallest absolute Gasteiger partial charge is 0.253 e. The molecule has 7 heteroatoms. The number of nitrogens with one attached hydrogen (secondary N) is 1. The highest BCUT2D eigenvalue weighted by Crippen LogP contribution is 2.27. The maximum Gasteiger partial charge on any atom is 0.253 e. The minimum absolute atomic E-state index is 0.0962. The van der Waals surface area contributed by atoms with E-state index in [4.69, 9.17) is 0 Å². The number of aromatic nitrogens is 1. The third-order valence-corrected chi connectivity index (χ3v) is 7.59. The predicted molar refractivity (Wildman–Crippen MR) is 147 cm³/mol. The predicted octanol–water partition coefficient (Wildman–Crippen LogP) is 5.99. The summed E-state index contributed by atoms with van der Waals surface area (Å²) in [7, 11) is 0. The Morgan fingerprint density at radius 1 is 0.914 bits per heavy atom. The lowest BCUT2D eigenvalue weighted by molar-refractivity contribution is 0.0761. The molecule has 5 nitrogen and oxygen atoms in total. The molecule has 1 fully saturated rings. The van der Waals surface area contributed by atoms with Crippen LogP contribution in [-0.2, 0) is 6.54 Å². The summed E-state index contributed by atoms with van der Waals surface area (Å²) in [6.45, 7) is 4.23. The lowest BCUT2D eigenvalue weighted by atomic mass is 10.2. The average Bonchev–Trinajstić information content (AvgIpc) is 3.14. The molecule has 1 aliphatic rings. The molecule has 178 valence electrons. The molecule has 1 N–H and O–H groups in total. The molecule has 0 unspecified atom stereocenters. The number of benzene rings is 3. The maximum absolute atomic E-state index is 13.2. The van der Waals surface area contributed by atoms with Crippen LogP contribution in [0.25, 0.3) is 10.9 Å². The molecule has 5 rings (SSSR count). The van der Waals surface area contributed by atoms with E-state index in [1.54, 1.807) is 0 Å². The van der Waals surface area contributed by atoms with Crippen molar-refractivity contribution in [2.75, 3.05) is 30.9 Å². The van der Waals surface area contributed by atoms with Gasteiger partial charge in [-0.3, -0.25) is 14.7 Å². The lowest BCUT2D eigenvalue weighted by Gasteiger charge is -2.22. The second kappa shape index (κ2) is 11.2. The zero-order chi connectivity index (χ0) is 24.0. The van der Waals surface area contributed by atoms with Crippen LogP contribution in [0.5, 0.6) is 0 Å². The minimum Gasteiger partial charge on any atom is -0.337 e. The fourth-order valence-corrected chi connectivity index (χ4v) is 5.36. The van der Waals surface area contributed by atoms with Crippen LogP contribution in [0.4, 0.5) is 5.69 Å². The van der Waals surface area contributed by atoms with E-state index >= 15 is 0 Å². The molecule has 0 saturated carbocycles. The van der Waals surface area contributed by atoms with Crippen molar-refractivity contribution in [3.63, 3.8) is 0 Å².